The highest BCUT2D eigenvalue weighted by Crippen LogP contribution is 2.30. The first-order chi connectivity index (χ1) is 14.9. The van der Waals surface area contributed by atoms with E-state index in [1.807, 2.05) is 6.07 Å². The number of hydrogen-bond donors (Lipinski definition) is 4. The predicted octanol–water partition coefficient (Wildman–Crippen LogP) is 5.65. The first-order valence-corrected chi connectivity index (χ1v) is 10.3. The summed E-state index contributed by atoms with van der Waals surface area (Å²) in [7, 11) is 0. The van der Waals surface area contributed by atoms with Gasteiger partial charge < -0.3 is 20.9 Å². The number of benzene rings is 1. The minimum absolute atomic E-state index is 0.265. The van der Waals surface area contributed by atoms with Crippen LogP contribution < -0.4 is 16.0 Å². The van der Waals surface area contributed by atoms with Crippen molar-refractivity contribution in [3.05, 3.63) is 53.9 Å². The van der Waals surface area contributed by atoms with Crippen LogP contribution in [0.2, 0.25) is 0 Å². The van der Waals surface area contributed by atoms with E-state index < -0.39 is 17.8 Å². The molecule has 164 valence electrons. The summed E-state index contributed by atoms with van der Waals surface area (Å²) in [6.45, 7) is 0.704. The molecule has 2 amide bonds. The van der Waals surface area contributed by atoms with Gasteiger partial charge in [0, 0.05) is 36.1 Å². The molecule has 2 aromatic heterocycles. The first kappa shape index (κ1) is 21.2. The molecule has 1 aromatic carbocycles. The second-order valence-corrected chi connectivity index (χ2v) is 7.81. The SMILES string of the molecule is O=C(Nc1ccc(C(F)(F)F)cc1)Nc1c[nH]c2ncc(CNC3CCCCC3)cc12. The molecule has 0 saturated heterocycles. The van der Waals surface area contributed by atoms with Crippen molar-refractivity contribution >= 4 is 28.4 Å². The Balaban J connectivity index is 1.39. The molecule has 2 heterocycles. The molecule has 31 heavy (non-hydrogen) atoms. The van der Waals surface area contributed by atoms with Gasteiger partial charge >= 0.3 is 12.2 Å². The van der Waals surface area contributed by atoms with Gasteiger partial charge in [0.2, 0.25) is 0 Å². The normalized spacial score (nSPS) is 15.2. The molecule has 0 bridgehead atoms. The number of rotatable bonds is 5. The van der Waals surface area contributed by atoms with Crippen LogP contribution in [0.3, 0.4) is 0 Å². The third-order valence-electron chi connectivity index (χ3n) is 5.51. The van der Waals surface area contributed by atoms with E-state index in [0.717, 1.165) is 23.1 Å². The van der Waals surface area contributed by atoms with Gasteiger partial charge in [0.1, 0.15) is 5.65 Å². The summed E-state index contributed by atoms with van der Waals surface area (Å²) >= 11 is 0. The lowest BCUT2D eigenvalue weighted by Gasteiger charge is -2.22. The van der Waals surface area contributed by atoms with Gasteiger partial charge in [0.05, 0.1) is 11.3 Å². The zero-order valence-corrected chi connectivity index (χ0v) is 16.9. The van der Waals surface area contributed by atoms with Gasteiger partial charge in [-0.3, -0.25) is 0 Å². The van der Waals surface area contributed by atoms with Crippen LogP contribution >= 0.6 is 0 Å². The van der Waals surface area contributed by atoms with Gasteiger partial charge in [-0.15, -0.1) is 0 Å². The number of hydrogen-bond acceptors (Lipinski definition) is 3. The van der Waals surface area contributed by atoms with Crippen molar-refractivity contribution in [1.82, 2.24) is 15.3 Å². The molecule has 4 N–H and O–H groups in total. The Morgan fingerprint density at radius 1 is 1.10 bits per heavy atom. The van der Waals surface area contributed by atoms with Gasteiger partial charge in [0.15, 0.2) is 0 Å². The van der Waals surface area contributed by atoms with Crippen molar-refractivity contribution < 1.29 is 18.0 Å². The maximum Gasteiger partial charge on any atom is 0.416 e. The highest BCUT2D eigenvalue weighted by Gasteiger charge is 2.30. The van der Waals surface area contributed by atoms with E-state index >= 15 is 0 Å². The predicted molar refractivity (Wildman–Crippen MR) is 114 cm³/mol. The van der Waals surface area contributed by atoms with Crippen LogP contribution in [0.25, 0.3) is 11.0 Å². The number of carbonyl (C=O) groups excluding carboxylic acids is 1. The zero-order valence-electron chi connectivity index (χ0n) is 16.9. The number of urea groups is 1. The number of H-pyrrole nitrogens is 1. The summed E-state index contributed by atoms with van der Waals surface area (Å²) in [6.07, 6.45) is 5.24. The largest absolute Gasteiger partial charge is 0.416 e. The lowest BCUT2D eigenvalue weighted by molar-refractivity contribution is -0.137. The van der Waals surface area contributed by atoms with Crippen LogP contribution in [-0.2, 0) is 12.7 Å². The standard InChI is InChI=1S/C22H24F3N5O/c23-22(24,25)15-6-8-17(9-7-15)29-21(31)30-19-13-28-20-18(19)10-14(12-27-20)11-26-16-4-2-1-3-5-16/h6-10,12-13,16,26H,1-5,11H2,(H,27,28)(H2,29,30,31). The molecule has 0 unspecified atom stereocenters. The second kappa shape index (κ2) is 8.97. The molecule has 0 atom stereocenters. The lowest BCUT2D eigenvalue weighted by atomic mass is 9.95. The Morgan fingerprint density at radius 2 is 1.84 bits per heavy atom. The number of alkyl halides is 3. The van der Waals surface area contributed by atoms with Crippen LogP contribution in [0.5, 0.6) is 0 Å². The first-order valence-electron chi connectivity index (χ1n) is 10.3. The number of nitrogens with one attached hydrogen (secondary N) is 4. The van der Waals surface area contributed by atoms with Crippen molar-refractivity contribution in [1.29, 1.82) is 0 Å². The second-order valence-electron chi connectivity index (χ2n) is 7.81. The molecule has 9 heteroatoms. The molecule has 0 spiro atoms. The number of pyridine rings is 1. The number of fused-ring (bicyclic) bond motifs is 1. The summed E-state index contributed by atoms with van der Waals surface area (Å²) in [4.78, 5) is 19.8. The third-order valence-corrected chi connectivity index (χ3v) is 5.51. The molecule has 0 radical (unpaired) electrons. The number of nitrogens with zero attached hydrogens (tertiary/aromatic N) is 1. The lowest BCUT2D eigenvalue weighted by Crippen LogP contribution is -2.30. The van der Waals surface area contributed by atoms with E-state index in [1.54, 1.807) is 12.4 Å². The molecule has 0 aliphatic heterocycles. The molecule has 4 rings (SSSR count). The monoisotopic (exact) mass is 431 g/mol. The Bertz CT molecular complexity index is 1040. The average molecular weight is 431 g/mol. The van der Waals surface area contributed by atoms with Crippen molar-refractivity contribution in [2.24, 2.45) is 0 Å². The van der Waals surface area contributed by atoms with Crippen molar-refractivity contribution in [3.63, 3.8) is 0 Å². The fraction of sp³-hybridized carbons (Fsp3) is 0.364. The number of anilines is 2. The highest BCUT2D eigenvalue weighted by molar-refractivity contribution is 6.05. The van der Waals surface area contributed by atoms with E-state index in [1.165, 1.54) is 44.2 Å². The number of aromatic amines is 1. The van der Waals surface area contributed by atoms with Crippen molar-refractivity contribution in [2.45, 2.75) is 50.9 Å². The van der Waals surface area contributed by atoms with E-state index in [9.17, 15) is 18.0 Å². The van der Waals surface area contributed by atoms with Gasteiger partial charge in [-0.05, 0) is 48.7 Å². The van der Waals surface area contributed by atoms with Crippen LogP contribution in [0.4, 0.5) is 29.3 Å². The summed E-state index contributed by atoms with van der Waals surface area (Å²) in [5.74, 6) is 0. The molecule has 1 saturated carbocycles. The van der Waals surface area contributed by atoms with Crippen molar-refractivity contribution in [3.8, 4) is 0 Å². The van der Waals surface area contributed by atoms with E-state index in [-0.39, 0.29) is 5.69 Å². The molecular weight excluding hydrogens is 407 g/mol. The number of carbonyl (C=O) groups is 1. The fourth-order valence-electron chi connectivity index (χ4n) is 3.84. The quantitative estimate of drug-likeness (QED) is 0.421. The topological polar surface area (TPSA) is 81.8 Å². The van der Waals surface area contributed by atoms with E-state index in [4.69, 9.17) is 0 Å². The minimum Gasteiger partial charge on any atom is -0.344 e. The molecule has 1 aliphatic carbocycles. The Labute approximate surface area is 177 Å². The maximum atomic E-state index is 12.7. The third kappa shape index (κ3) is 5.35. The number of halogens is 3. The van der Waals surface area contributed by atoms with Crippen LogP contribution in [0.1, 0.15) is 43.2 Å². The summed E-state index contributed by atoms with van der Waals surface area (Å²) < 4.78 is 38.0. The van der Waals surface area contributed by atoms with E-state index in [0.29, 0.717) is 23.9 Å². The van der Waals surface area contributed by atoms with Crippen LogP contribution in [0, 0.1) is 0 Å². The molecular formula is C22H24F3N5O. The molecule has 3 aromatic rings. The Morgan fingerprint density at radius 3 is 2.55 bits per heavy atom. The number of amides is 2. The Kier molecular flexibility index (Phi) is 6.13. The summed E-state index contributed by atoms with van der Waals surface area (Å²) in [6, 6.07) is 6.24. The number of aromatic nitrogens is 2. The van der Waals surface area contributed by atoms with Crippen LogP contribution in [-0.4, -0.2) is 22.0 Å². The van der Waals surface area contributed by atoms with Crippen molar-refractivity contribution in [2.75, 3.05) is 10.6 Å². The van der Waals surface area contributed by atoms with Gasteiger partial charge in [-0.2, -0.15) is 13.2 Å². The average Bonchev–Trinajstić information content (AvgIpc) is 3.14. The summed E-state index contributed by atoms with van der Waals surface area (Å²) in [5, 5.41) is 9.61. The molecule has 1 fully saturated rings. The maximum absolute atomic E-state index is 12.7. The smallest absolute Gasteiger partial charge is 0.344 e. The Hall–Kier alpha value is -3.07. The molecule has 1 aliphatic rings. The van der Waals surface area contributed by atoms with Crippen LogP contribution in [0.15, 0.2) is 42.7 Å². The highest BCUT2D eigenvalue weighted by atomic mass is 19.4. The van der Waals surface area contributed by atoms with Gasteiger partial charge in [0.25, 0.3) is 0 Å². The van der Waals surface area contributed by atoms with Gasteiger partial charge in [-0.25, -0.2) is 9.78 Å². The minimum atomic E-state index is -4.42. The van der Waals surface area contributed by atoms with Gasteiger partial charge in [-0.1, -0.05) is 19.3 Å². The van der Waals surface area contributed by atoms with E-state index in [2.05, 4.69) is 25.9 Å². The zero-order chi connectivity index (χ0) is 21.8. The summed E-state index contributed by atoms with van der Waals surface area (Å²) in [5.41, 5.74) is 1.71. The molecule has 6 nitrogen and oxygen atoms in total. The fourth-order valence-corrected chi connectivity index (χ4v) is 3.84.